The monoisotopic (exact) mass is 286 g/mol. The molecule has 1 aromatic heterocycles. The molecule has 0 aliphatic heterocycles. The van der Waals surface area contributed by atoms with Gasteiger partial charge >= 0.3 is 0 Å². The topological polar surface area (TPSA) is 48.1 Å². The molecule has 0 bridgehead atoms. The zero-order chi connectivity index (χ0) is 14.8. The number of nitrogens with two attached hydrogens (primary N) is 1. The molecule has 0 aliphatic rings. The molecule has 0 spiro atoms. The fraction of sp³-hybridized carbons (Fsp3) is 0.0625. The van der Waals surface area contributed by atoms with Crippen molar-refractivity contribution < 1.29 is 13.5 Å². The summed E-state index contributed by atoms with van der Waals surface area (Å²) in [7, 11) is 0. The van der Waals surface area contributed by atoms with Crippen molar-refractivity contribution in [3.63, 3.8) is 0 Å². The number of ether oxygens (including phenoxy) is 1. The van der Waals surface area contributed by atoms with Crippen LogP contribution in [0.4, 0.5) is 14.5 Å². The van der Waals surface area contributed by atoms with E-state index in [9.17, 15) is 8.78 Å². The Morgan fingerprint density at radius 2 is 1.90 bits per heavy atom. The summed E-state index contributed by atoms with van der Waals surface area (Å²) in [5, 5.41) is 0.837. The molecule has 0 amide bonds. The summed E-state index contributed by atoms with van der Waals surface area (Å²) in [6, 6.07) is 10.7. The van der Waals surface area contributed by atoms with Gasteiger partial charge in [-0.2, -0.15) is 0 Å². The van der Waals surface area contributed by atoms with Crippen LogP contribution in [0, 0.1) is 11.6 Å². The number of hydrogen-bond acceptors (Lipinski definition) is 3. The van der Waals surface area contributed by atoms with E-state index in [-0.39, 0.29) is 12.4 Å². The van der Waals surface area contributed by atoms with E-state index in [0.29, 0.717) is 5.69 Å². The van der Waals surface area contributed by atoms with Crippen LogP contribution in [0.25, 0.3) is 10.9 Å². The first-order valence-electron chi connectivity index (χ1n) is 6.35. The highest BCUT2D eigenvalue weighted by Gasteiger charge is 2.07. The van der Waals surface area contributed by atoms with Crippen molar-refractivity contribution in [2.45, 2.75) is 6.61 Å². The summed E-state index contributed by atoms with van der Waals surface area (Å²) in [5.41, 5.74) is 8.09. The third-order valence-corrected chi connectivity index (χ3v) is 3.17. The molecule has 21 heavy (non-hydrogen) atoms. The minimum absolute atomic E-state index is 0.193. The summed E-state index contributed by atoms with van der Waals surface area (Å²) < 4.78 is 31.5. The molecule has 3 aromatic rings. The van der Waals surface area contributed by atoms with Crippen LogP contribution < -0.4 is 10.5 Å². The van der Waals surface area contributed by atoms with Gasteiger partial charge in [0, 0.05) is 28.9 Å². The lowest BCUT2D eigenvalue weighted by Crippen LogP contribution is -2.00. The molecule has 1 heterocycles. The van der Waals surface area contributed by atoms with E-state index in [0.717, 1.165) is 28.6 Å². The van der Waals surface area contributed by atoms with Crippen molar-refractivity contribution in [1.82, 2.24) is 4.98 Å². The van der Waals surface area contributed by atoms with Gasteiger partial charge in [0.15, 0.2) is 11.6 Å². The predicted molar refractivity (Wildman–Crippen MR) is 76.8 cm³/mol. The third kappa shape index (κ3) is 2.63. The fourth-order valence-electron chi connectivity index (χ4n) is 2.10. The number of nitrogen functional groups attached to an aromatic ring is 1. The Morgan fingerprint density at radius 1 is 1.05 bits per heavy atom. The van der Waals surface area contributed by atoms with E-state index in [1.54, 1.807) is 18.3 Å². The maximum Gasteiger partial charge on any atom is 0.162 e. The van der Waals surface area contributed by atoms with E-state index >= 15 is 0 Å². The summed E-state index contributed by atoms with van der Waals surface area (Å²) in [6.07, 6.45) is 1.67. The number of nitrogens with zero attached hydrogens (tertiary/aromatic N) is 1. The van der Waals surface area contributed by atoms with Crippen molar-refractivity contribution >= 4 is 16.6 Å². The van der Waals surface area contributed by atoms with Gasteiger partial charge in [-0.3, -0.25) is 4.98 Å². The molecule has 106 valence electrons. The van der Waals surface area contributed by atoms with E-state index in [1.807, 2.05) is 12.1 Å². The molecule has 0 unspecified atom stereocenters. The third-order valence-electron chi connectivity index (χ3n) is 3.17. The summed E-state index contributed by atoms with van der Waals surface area (Å²) in [6.45, 7) is 0.193. The van der Waals surface area contributed by atoms with Gasteiger partial charge in [0.25, 0.3) is 0 Å². The van der Waals surface area contributed by atoms with Gasteiger partial charge in [0.1, 0.15) is 12.4 Å². The van der Waals surface area contributed by atoms with Crippen LogP contribution >= 0.6 is 0 Å². The average molecular weight is 286 g/mol. The quantitative estimate of drug-likeness (QED) is 0.747. The number of rotatable bonds is 3. The number of halogens is 2. The SMILES string of the molecule is Nc1ccc(COc2ccc(F)c(F)c2)c2ncccc12. The van der Waals surface area contributed by atoms with Crippen LogP contribution in [0.15, 0.2) is 48.7 Å². The summed E-state index contributed by atoms with van der Waals surface area (Å²) >= 11 is 0. The zero-order valence-electron chi connectivity index (χ0n) is 11.0. The average Bonchev–Trinajstić information content (AvgIpc) is 2.50. The van der Waals surface area contributed by atoms with Gasteiger partial charge in [-0.15, -0.1) is 0 Å². The largest absolute Gasteiger partial charge is 0.489 e. The van der Waals surface area contributed by atoms with E-state index < -0.39 is 11.6 Å². The van der Waals surface area contributed by atoms with E-state index in [1.165, 1.54) is 6.07 Å². The van der Waals surface area contributed by atoms with Crippen molar-refractivity contribution in [3.05, 3.63) is 65.9 Å². The van der Waals surface area contributed by atoms with Gasteiger partial charge in [0.2, 0.25) is 0 Å². The summed E-state index contributed by atoms with van der Waals surface area (Å²) in [4.78, 5) is 4.29. The molecule has 0 atom stereocenters. The Labute approximate surface area is 120 Å². The molecular weight excluding hydrogens is 274 g/mol. The fourth-order valence-corrected chi connectivity index (χ4v) is 2.10. The number of pyridine rings is 1. The number of fused-ring (bicyclic) bond motifs is 1. The molecule has 3 nitrogen and oxygen atoms in total. The smallest absolute Gasteiger partial charge is 0.162 e. The Bertz CT molecular complexity index is 805. The second kappa shape index (κ2) is 5.36. The predicted octanol–water partition coefficient (Wildman–Crippen LogP) is 3.67. The van der Waals surface area contributed by atoms with Crippen LogP contribution in [0.5, 0.6) is 5.75 Å². The Balaban J connectivity index is 1.88. The highest BCUT2D eigenvalue weighted by molar-refractivity contribution is 5.92. The lowest BCUT2D eigenvalue weighted by atomic mass is 10.1. The Hall–Kier alpha value is -2.69. The van der Waals surface area contributed by atoms with Gasteiger partial charge in [-0.05, 0) is 30.3 Å². The Morgan fingerprint density at radius 3 is 2.71 bits per heavy atom. The Kier molecular flexibility index (Phi) is 3.39. The van der Waals surface area contributed by atoms with Gasteiger partial charge < -0.3 is 10.5 Å². The molecule has 3 rings (SSSR count). The highest BCUT2D eigenvalue weighted by Crippen LogP contribution is 2.24. The molecule has 0 radical (unpaired) electrons. The van der Waals surface area contributed by atoms with Crippen LogP contribution in [0.2, 0.25) is 0 Å². The molecule has 0 fully saturated rings. The zero-order valence-corrected chi connectivity index (χ0v) is 11.0. The van der Waals surface area contributed by atoms with E-state index in [4.69, 9.17) is 10.5 Å². The number of benzene rings is 2. The van der Waals surface area contributed by atoms with E-state index in [2.05, 4.69) is 4.98 Å². The molecule has 5 heteroatoms. The van der Waals surface area contributed by atoms with Crippen LogP contribution in [0.1, 0.15) is 5.56 Å². The molecular formula is C16H12F2N2O. The number of anilines is 1. The number of hydrogen-bond donors (Lipinski definition) is 1. The standard InChI is InChI=1S/C16H12F2N2O/c17-13-5-4-11(8-14(13)18)21-9-10-3-6-15(19)12-2-1-7-20-16(10)12/h1-8H,9,19H2. The van der Waals surface area contributed by atoms with Crippen molar-refractivity contribution in [2.24, 2.45) is 0 Å². The van der Waals surface area contributed by atoms with Crippen LogP contribution in [0.3, 0.4) is 0 Å². The van der Waals surface area contributed by atoms with Gasteiger partial charge in [-0.25, -0.2) is 8.78 Å². The van der Waals surface area contributed by atoms with Crippen molar-refractivity contribution in [2.75, 3.05) is 5.73 Å². The maximum absolute atomic E-state index is 13.1. The molecule has 0 aliphatic carbocycles. The first-order valence-corrected chi connectivity index (χ1v) is 6.35. The second-order valence-electron chi connectivity index (χ2n) is 4.58. The minimum atomic E-state index is -0.937. The highest BCUT2D eigenvalue weighted by atomic mass is 19.2. The lowest BCUT2D eigenvalue weighted by Gasteiger charge is -2.10. The lowest BCUT2D eigenvalue weighted by molar-refractivity contribution is 0.304. The van der Waals surface area contributed by atoms with Crippen molar-refractivity contribution in [1.29, 1.82) is 0 Å². The first kappa shape index (κ1) is 13.3. The van der Waals surface area contributed by atoms with Crippen molar-refractivity contribution in [3.8, 4) is 5.75 Å². The molecule has 0 saturated heterocycles. The van der Waals surface area contributed by atoms with Crippen LogP contribution in [-0.4, -0.2) is 4.98 Å². The van der Waals surface area contributed by atoms with Crippen LogP contribution in [-0.2, 0) is 6.61 Å². The summed E-state index contributed by atoms with van der Waals surface area (Å²) in [5.74, 6) is -1.58. The maximum atomic E-state index is 13.1. The molecule has 2 aromatic carbocycles. The molecule has 0 saturated carbocycles. The minimum Gasteiger partial charge on any atom is -0.489 e. The van der Waals surface area contributed by atoms with Gasteiger partial charge in [-0.1, -0.05) is 6.07 Å². The first-order chi connectivity index (χ1) is 10.1. The van der Waals surface area contributed by atoms with Gasteiger partial charge in [0.05, 0.1) is 5.52 Å². The molecule has 2 N–H and O–H groups in total. The number of aromatic nitrogens is 1. The normalized spacial score (nSPS) is 10.8. The second-order valence-corrected chi connectivity index (χ2v) is 4.58.